The average Bonchev–Trinajstić information content (AvgIpc) is 2.26. The minimum absolute atomic E-state index is 0.495. The smallest absolute Gasteiger partial charge is 0.0806 e. The molecule has 0 spiro atoms. The van der Waals surface area contributed by atoms with Crippen molar-refractivity contribution in [2.45, 2.75) is 20.3 Å². The van der Waals surface area contributed by atoms with E-state index < -0.39 is 0 Å². The normalized spacial score (nSPS) is 24.3. The van der Waals surface area contributed by atoms with Crippen molar-refractivity contribution in [1.82, 2.24) is 4.90 Å². The van der Waals surface area contributed by atoms with Crippen LogP contribution < -0.4 is 5.90 Å². The molecule has 1 rings (SSSR count). The lowest BCUT2D eigenvalue weighted by atomic mass is 9.93. The molecule has 0 aliphatic carbocycles. The van der Waals surface area contributed by atoms with E-state index in [0.29, 0.717) is 12.0 Å². The molecule has 3 nitrogen and oxygen atoms in total. The molecule has 1 aliphatic heterocycles. The first-order valence-corrected chi connectivity index (χ1v) is 4.18. The van der Waals surface area contributed by atoms with Gasteiger partial charge in [-0.25, -0.2) is 5.90 Å². The molecule has 0 aromatic carbocycles. The number of nitrogens with zero attached hydrogens (tertiary/aromatic N) is 1. The Labute approximate surface area is 68.5 Å². The summed E-state index contributed by atoms with van der Waals surface area (Å²) in [5.41, 5.74) is 0.495. The van der Waals surface area contributed by atoms with Crippen molar-refractivity contribution in [2.75, 3.05) is 26.2 Å². The first-order chi connectivity index (χ1) is 5.14. The Hall–Kier alpha value is -0.120. The van der Waals surface area contributed by atoms with Crippen LogP contribution in [0, 0.1) is 5.41 Å². The highest BCUT2D eigenvalue weighted by Gasteiger charge is 2.28. The fourth-order valence-electron chi connectivity index (χ4n) is 1.60. The zero-order chi connectivity index (χ0) is 8.32. The summed E-state index contributed by atoms with van der Waals surface area (Å²) in [5, 5.41) is 0. The lowest BCUT2D eigenvalue weighted by Crippen LogP contribution is -2.27. The van der Waals surface area contributed by atoms with Crippen LogP contribution in [0.4, 0.5) is 0 Å². The molecule has 0 aromatic heterocycles. The van der Waals surface area contributed by atoms with Crippen molar-refractivity contribution in [3.05, 3.63) is 0 Å². The zero-order valence-electron chi connectivity index (χ0n) is 7.47. The summed E-state index contributed by atoms with van der Waals surface area (Å²) in [5.74, 6) is 4.95. The van der Waals surface area contributed by atoms with E-state index in [1.54, 1.807) is 0 Å². The summed E-state index contributed by atoms with van der Waals surface area (Å²) in [4.78, 5) is 6.93. The molecule has 11 heavy (non-hydrogen) atoms. The van der Waals surface area contributed by atoms with Crippen LogP contribution in [0.5, 0.6) is 0 Å². The molecule has 0 aromatic rings. The maximum Gasteiger partial charge on any atom is 0.0806 e. The summed E-state index contributed by atoms with van der Waals surface area (Å²) >= 11 is 0. The molecule has 1 saturated heterocycles. The molecule has 0 unspecified atom stereocenters. The molecule has 1 heterocycles. The van der Waals surface area contributed by atoms with Crippen LogP contribution in [0.15, 0.2) is 0 Å². The lowest BCUT2D eigenvalue weighted by Gasteiger charge is -2.18. The second kappa shape index (κ2) is 3.52. The van der Waals surface area contributed by atoms with E-state index in [-0.39, 0.29) is 0 Å². The van der Waals surface area contributed by atoms with Crippen molar-refractivity contribution >= 4 is 0 Å². The van der Waals surface area contributed by atoms with E-state index in [0.717, 1.165) is 6.54 Å². The molecular formula is C8H18N2O. The third-order valence-electron chi connectivity index (χ3n) is 2.28. The van der Waals surface area contributed by atoms with E-state index in [9.17, 15) is 0 Å². The van der Waals surface area contributed by atoms with E-state index in [1.165, 1.54) is 19.5 Å². The first kappa shape index (κ1) is 8.97. The topological polar surface area (TPSA) is 38.5 Å². The van der Waals surface area contributed by atoms with Crippen molar-refractivity contribution in [2.24, 2.45) is 11.3 Å². The summed E-state index contributed by atoms with van der Waals surface area (Å²) < 4.78 is 0. The van der Waals surface area contributed by atoms with E-state index in [1.807, 2.05) is 0 Å². The number of hydrogen-bond acceptors (Lipinski definition) is 3. The predicted octanol–water partition coefficient (Wildman–Crippen LogP) is 0.609. The minimum Gasteiger partial charge on any atom is -0.303 e. The second-order valence-electron chi connectivity index (χ2n) is 4.06. The number of likely N-dealkylation sites (tertiary alicyclic amines) is 1. The number of nitrogens with two attached hydrogens (primary N) is 1. The van der Waals surface area contributed by atoms with Crippen LogP contribution in [0.1, 0.15) is 20.3 Å². The van der Waals surface area contributed by atoms with Crippen LogP contribution in [0.25, 0.3) is 0 Å². The van der Waals surface area contributed by atoms with Gasteiger partial charge in [0.25, 0.3) is 0 Å². The number of hydrogen-bond donors (Lipinski definition) is 1. The Balaban J connectivity index is 2.20. The van der Waals surface area contributed by atoms with Gasteiger partial charge in [-0.15, -0.1) is 0 Å². The zero-order valence-corrected chi connectivity index (χ0v) is 7.47. The van der Waals surface area contributed by atoms with E-state index in [4.69, 9.17) is 5.90 Å². The quantitative estimate of drug-likeness (QED) is 0.612. The Morgan fingerprint density at radius 2 is 2.27 bits per heavy atom. The Kier molecular flexibility index (Phi) is 2.87. The third-order valence-corrected chi connectivity index (χ3v) is 2.28. The van der Waals surface area contributed by atoms with Crippen molar-refractivity contribution in [3.8, 4) is 0 Å². The van der Waals surface area contributed by atoms with Crippen LogP contribution in [0.3, 0.4) is 0 Å². The number of rotatable bonds is 3. The largest absolute Gasteiger partial charge is 0.303 e. The SMILES string of the molecule is CC1(C)CCN(CCON)C1. The fourth-order valence-corrected chi connectivity index (χ4v) is 1.60. The molecule has 0 bridgehead atoms. The average molecular weight is 158 g/mol. The van der Waals surface area contributed by atoms with E-state index >= 15 is 0 Å². The molecule has 3 heteroatoms. The molecular weight excluding hydrogens is 140 g/mol. The minimum atomic E-state index is 0.495. The summed E-state index contributed by atoms with van der Waals surface area (Å²) in [6, 6.07) is 0. The highest BCUT2D eigenvalue weighted by atomic mass is 16.6. The second-order valence-corrected chi connectivity index (χ2v) is 4.06. The Morgan fingerprint density at radius 1 is 1.55 bits per heavy atom. The molecule has 1 fully saturated rings. The van der Waals surface area contributed by atoms with Gasteiger partial charge < -0.3 is 9.74 Å². The van der Waals surface area contributed by atoms with Gasteiger partial charge in [-0.2, -0.15) is 0 Å². The maximum atomic E-state index is 4.95. The monoisotopic (exact) mass is 158 g/mol. The maximum absolute atomic E-state index is 4.95. The molecule has 0 amide bonds. The standard InChI is InChI=1S/C8H18N2O/c1-8(2)3-4-10(7-8)5-6-11-9/h3-7,9H2,1-2H3. The summed E-state index contributed by atoms with van der Waals surface area (Å²) in [6.45, 7) is 8.59. The van der Waals surface area contributed by atoms with Crippen LogP contribution in [-0.2, 0) is 4.84 Å². The molecule has 0 saturated carbocycles. The van der Waals surface area contributed by atoms with Gasteiger partial charge in [-0.1, -0.05) is 13.8 Å². The fraction of sp³-hybridized carbons (Fsp3) is 1.00. The summed E-state index contributed by atoms with van der Waals surface area (Å²) in [6.07, 6.45) is 1.29. The Morgan fingerprint density at radius 3 is 2.73 bits per heavy atom. The van der Waals surface area contributed by atoms with Gasteiger partial charge in [-0.3, -0.25) is 0 Å². The lowest BCUT2D eigenvalue weighted by molar-refractivity contribution is 0.110. The van der Waals surface area contributed by atoms with Crippen LogP contribution in [-0.4, -0.2) is 31.1 Å². The van der Waals surface area contributed by atoms with Crippen molar-refractivity contribution in [1.29, 1.82) is 0 Å². The van der Waals surface area contributed by atoms with Crippen molar-refractivity contribution < 1.29 is 4.84 Å². The van der Waals surface area contributed by atoms with Crippen molar-refractivity contribution in [3.63, 3.8) is 0 Å². The highest BCUT2D eigenvalue weighted by Crippen LogP contribution is 2.28. The molecule has 66 valence electrons. The van der Waals surface area contributed by atoms with E-state index in [2.05, 4.69) is 23.6 Å². The van der Waals surface area contributed by atoms with Gasteiger partial charge in [0.1, 0.15) is 0 Å². The molecule has 0 radical (unpaired) electrons. The van der Waals surface area contributed by atoms with Gasteiger partial charge >= 0.3 is 0 Å². The predicted molar refractivity (Wildman–Crippen MR) is 45.0 cm³/mol. The Bertz CT molecular complexity index is 125. The van der Waals surface area contributed by atoms with Gasteiger partial charge in [-0.05, 0) is 18.4 Å². The molecule has 0 atom stereocenters. The van der Waals surface area contributed by atoms with Gasteiger partial charge in [0, 0.05) is 13.1 Å². The first-order valence-electron chi connectivity index (χ1n) is 4.18. The highest BCUT2D eigenvalue weighted by molar-refractivity contribution is 4.81. The van der Waals surface area contributed by atoms with Gasteiger partial charge in [0.15, 0.2) is 0 Å². The summed E-state index contributed by atoms with van der Waals surface area (Å²) in [7, 11) is 0. The van der Waals surface area contributed by atoms with Crippen LogP contribution in [0.2, 0.25) is 0 Å². The molecule has 1 aliphatic rings. The third kappa shape index (κ3) is 2.77. The van der Waals surface area contributed by atoms with Gasteiger partial charge in [0.2, 0.25) is 0 Å². The molecule has 2 N–H and O–H groups in total. The van der Waals surface area contributed by atoms with Gasteiger partial charge in [0.05, 0.1) is 6.61 Å². The van der Waals surface area contributed by atoms with Crippen LogP contribution >= 0.6 is 0 Å².